The fourth-order valence-corrected chi connectivity index (χ4v) is 6.29. The average Bonchev–Trinajstić information content (AvgIpc) is 2.97. The Kier molecular flexibility index (Phi) is 6.50. The van der Waals surface area contributed by atoms with Crippen LogP contribution in [0, 0.1) is 5.82 Å². The largest absolute Gasteiger partial charge is 0.207 e. The first-order valence-electron chi connectivity index (χ1n) is 13.5. The van der Waals surface area contributed by atoms with E-state index in [1.807, 2.05) is 12.1 Å². The van der Waals surface area contributed by atoms with Gasteiger partial charge in [-0.3, -0.25) is 0 Å². The zero-order chi connectivity index (χ0) is 27.0. The van der Waals surface area contributed by atoms with Crippen molar-refractivity contribution in [1.82, 2.24) is 0 Å². The monoisotopic (exact) mass is 522 g/mol. The summed E-state index contributed by atoms with van der Waals surface area (Å²) >= 11 is 0. The second-order valence-corrected chi connectivity index (χ2v) is 16.3. The fourth-order valence-electron chi connectivity index (χ4n) is 5.12. The molecule has 6 aromatic rings. The van der Waals surface area contributed by atoms with Crippen LogP contribution in [0.15, 0.2) is 133 Å². The summed E-state index contributed by atoms with van der Waals surface area (Å²) in [5.74, 6) is -0.214. The maximum atomic E-state index is 13.3. The molecule has 0 radical (unpaired) electrons. The maximum Gasteiger partial charge on any atom is 0.123 e. The number of hydrogen-bond donors (Lipinski definition) is 0. The van der Waals surface area contributed by atoms with Crippen LogP contribution in [-0.4, -0.2) is 8.07 Å². The molecule has 39 heavy (non-hydrogen) atoms. The van der Waals surface area contributed by atoms with Crippen LogP contribution >= 0.6 is 0 Å². The van der Waals surface area contributed by atoms with E-state index in [2.05, 4.69) is 129 Å². The molecule has 0 amide bonds. The van der Waals surface area contributed by atoms with E-state index in [0.717, 1.165) is 16.7 Å². The lowest BCUT2D eigenvalue weighted by Gasteiger charge is -2.16. The molecule has 0 aromatic heterocycles. The smallest absolute Gasteiger partial charge is 0.123 e. The van der Waals surface area contributed by atoms with Crippen LogP contribution in [0.4, 0.5) is 4.39 Å². The number of rotatable bonds is 5. The SMILES string of the molecule is C[Si](C)(C)c1ccc(-c2ccc(-c3ccc4ccc(-c5ccc(-c6ccc(F)cc6)cc5)cc4c3)cc2)cc1. The molecule has 0 nitrogen and oxygen atoms in total. The van der Waals surface area contributed by atoms with Crippen molar-refractivity contribution in [2.45, 2.75) is 19.6 Å². The summed E-state index contributed by atoms with van der Waals surface area (Å²) in [7, 11) is -1.29. The topological polar surface area (TPSA) is 0 Å². The lowest BCUT2D eigenvalue weighted by Crippen LogP contribution is -2.37. The molecule has 6 rings (SSSR count). The highest BCUT2D eigenvalue weighted by Crippen LogP contribution is 2.31. The van der Waals surface area contributed by atoms with Gasteiger partial charge < -0.3 is 0 Å². The van der Waals surface area contributed by atoms with Gasteiger partial charge in [0.15, 0.2) is 0 Å². The summed E-state index contributed by atoms with van der Waals surface area (Å²) in [6, 6.07) is 46.4. The number of fused-ring (bicyclic) bond motifs is 1. The van der Waals surface area contributed by atoms with Gasteiger partial charge >= 0.3 is 0 Å². The molecule has 0 unspecified atom stereocenters. The third kappa shape index (κ3) is 5.34. The van der Waals surface area contributed by atoms with Gasteiger partial charge in [-0.2, -0.15) is 0 Å². The summed E-state index contributed by atoms with van der Waals surface area (Å²) < 4.78 is 13.3. The predicted octanol–water partition coefficient (Wildman–Crippen LogP) is 10.2. The second-order valence-electron chi connectivity index (χ2n) is 11.3. The van der Waals surface area contributed by atoms with Gasteiger partial charge in [-0.25, -0.2) is 4.39 Å². The molecule has 2 heteroatoms. The second kappa shape index (κ2) is 10.1. The van der Waals surface area contributed by atoms with Crippen molar-refractivity contribution in [3.05, 3.63) is 139 Å². The van der Waals surface area contributed by atoms with Crippen LogP contribution in [-0.2, 0) is 0 Å². The van der Waals surface area contributed by atoms with Crippen molar-refractivity contribution in [2.24, 2.45) is 0 Å². The van der Waals surface area contributed by atoms with Gasteiger partial charge in [-0.05, 0) is 79.5 Å². The molecule has 0 heterocycles. The van der Waals surface area contributed by atoms with Crippen molar-refractivity contribution in [1.29, 1.82) is 0 Å². The van der Waals surface area contributed by atoms with Crippen molar-refractivity contribution in [2.75, 3.05) is 0 Å². The van der Waals surface area contributed by atoms with E-state index in [0.29, 0.717) is 0 Å². The highest BCUT2D eigenvalue weighted by Gasteiger charge is 2.15. The first-order chi connectivity index (χ1) is 18.8. The third-order valence-corrected chi connectivity index (χ3v) is 9.60. The van der Waals surface area contributed by atoms with Crippen molar-refractivity contribution in [3.63, 3.8) is 0 Å². The molecule has 0 spiro atoms. The fraction of sp³-hybridized carbons (Fsp3) is 0.0811. The Bertz CT molecular complexity index is 1740. The van der Waals surface area contributed by atoms with Crippen molar-refractivity contribution in [3.8, 4) is 44.5 Å². The molecular weight excluding hydrogens is 491 g/mol. The standard InChI is InChI=1S/C37H31FSi/c1-39(2,3)37-22-18-29(19-23-37)27-6-10-31(11-7-27)34-15-13-32-12-14-33(24-35(32)25-34)30-8-4-26(5-9-30)28-16-20-36(38)21-17-28/h4-25H,1-3H3. The molecule has 0 saturated heterocycles. The molecule has 0 aliphatic rings. The summed E-state index contributed by atoms with van der Waals surface area (Å²) in [6.07, 6.45) is 0. The van der Waals surface area contributed by atoms with E-state index >= 15 is 0 Å². The molecule has 6 aromatic carbocycles. The highest BCUT2D eigenvalue weighted by atomic mass is 28.3. The Labute approximate surface area is 231 Å². The van der Waals surface area contributed by atoms with Crippen molar-refractivity contribution < 1.29 is 4.39 Å². The van der Waals surface area contributed by atoms with Gasteiger partial charge in [0.05, 0.1) is 8.07 Å². The molecule has 0 bridgehead atoms. The van der Waals surface area contributed by atoms with E-state index in [-0.39, 0.29) is 5.82 Å². The van der Waals surface area contributed by atoms with Gasteiger partial charge in [0, 0.05) is 0 Å². The van der Waals surface area contributed by atoms with E-state index in [1.165, 1.54) is 55.9 Å². The minimum atomic E-state index is -1.29. The van der Waals surface area contributed by atoms with Crippen LogP contribution in [0.25, 0.3) is 55.3 Å². The van der Waals surface area contributed by atoms with Crippen LogP contribution in [0.1, 0.15) is 0 Å². The molecular formula is C37H31FSi. The number of hydrogen-bond acceptors (Lipinski definition) is 0. The predicted molar refractivity (Wildman–Crippen MR) is 169 cm³/mol. The summed E-state index contributed by atoms with van der Waals surface area (Å²) in [5, 5.41) is 3.94. The van der Waals surface area contributed by atoms with E-state index in [9.17, 15) is 4.39 Å². The van der Waals surface area contributed by atoms with Crippen molar-refractivity contribution >= 4 is 24.0 Å². The van der Waals surface area contributed by atoms with Gasteiger partial charge in [-0.15, -0.1) is 0 Å². The quantitative estimate of drug-likeness (QED) is 0.198. The lowest BCUT2D eigenvalue weighted by atomic mass is 9.95. The van der Waals surface area contributed by atoms with E-state index < -0.39 is 8.07 Å². The summed E-state index contributed by atoms with van der Waals surface area (Å²) in [6.45, 7) is 7.15. The molecule has 0 saturated carbocycles. The zero-order valence-corrected chi connectivity index (χ0v) is 23.6. The Morgan fingerprint density at radius 1 is 0.359 bits per heavy atom. The maximum absolute atomic E-state index is 13.3. The molecule has 0 aliphatic heterocycles. The van der Waals surface area contributed by atoms with E-state index in [4.69, 9.17) is 0 Å². The number of halogens is 1. The zero-order valence-electron chi connectivity index (χ0n) is 22.6. The molecule has 0 fully saturated rings. The molecule has 0 N–H and O–H groups in total. The Morgan fingerprint density at radius 2 is 0.667 bits per heavy atom. The van der Waals surface area contributed by atoms with Crippen LogP contribution in [0.2, 0.25) is 19.6 Å². The van der Waals surface area contributed by atoms with Crippen LogP contribution in [0.3, 0.4) is 0 Å². The van der Waals surface area contributed by atoms with Crippen LogP contribution < -0.4 is 5.19 Å². The minimum Gasteiger partial charge on any atom is -0.207 e. The van der Waals surface area contributed by atoms with Crippen LogP contribution in [0.5, 0.6) is 0 Å². The third-order valence-electron chi connectivity index (χ3n) is 7.54. The normalized spacial score (nSPS) is 11.6. The molecule has 190 valence electrons. The highest BCUT2D eigenvalue weighted by molar-refractivity contribution is 6.88. The van der Waals surface area contributed by atoms with Gasteiger partial charge in [0.1, 0.15) is 5.82 Å². The Hall–Kier alpha value is -4.27. The lowest BCUT2D eigenvalue weighted by molar-refractivity contribution is 0.628. The summed E-state index contributed by atoms with van der Waals surface area (Å²) in [4.78, 5) is 0. The first-order valence-corrected chi connectivity index (χ1v) is 17.0. The van der Waals surface area contributed by atoms with Gasteiger partial charge in [-0.1, -0.05) is 134 Å². The average molecular weight is 523 g/mol. The first kappa shape index (κ1) is 25.0. The number of benzene rings is 6. The Morgan fingerprint density at radius 3 is 1.05 bits per heavy atom. The summed E-state index contributed by atoms with van der Waals surface area (Å²) in [5.41, 5.74) is 9.38. The minimum absolute atomic E-state index is 0.214. The molecule has 0 aliphatic carbocycles. The van der Waals surface area contributed by atoms with Gasteiger partial charge in [0.25, 0.3) is 0 Å². The van der Waals surface area contributed by atoms with Gasteiger partial charge in [0.2, 0.25) is 0 Å². The Balaban J connectivity index is 1.25. The molecule has 0 atom stereocenters. The van der Waals surface area contributed by atoms with E-state index in [1.54, 1.807) is 0 Å².